The van der Waals surface area contributed by atoms with E-state index in [1.807, 2.05) is 6.92 Å². The third-order valence-electron chi connectivity index (χ3n) is 7.08. The van der Waals surface area contributed by atoms with E-state index in [2.05, 4.69) is 33.1 Å². The molecule has 3 aromatic rings. The molecule has 35 heavy (non-hydrogen) atoms. The third-order valence-corrected chi connectivity index (χ3v) is 7.08. The van der Waals surface area contributed by atoms with E-state index in [1.165, 1.54) is 12.3 Å². The van der Waals surface area contributed by atoms with Gasteiger partial charge >= 0.3 is 0 Å². The largest absolute Gasteiger partial charge is 0.383 e. The summed E-state index contributed by atoms with van der Waals surface area (Å²) in [6, 6.07) is 1.89. The van der Waals surface area contributed by atoms with Crippen LogP contribution in [-0.4, -0.2) is 48.7 Å². The van der Waals surface area contributed by atoms with Crippen molar-refractivity contribution in [3.8, 4) is 11.1 Å². The Hall–Kier alpha value is -4.08. The number of nitrogen functional groups attached to an aromatic ring is 1. The van der Waals surface area contributed by atoms with Gasteiger partial charge in [-0.15, -0.1) is 0 Å². The lowest BCUT2D eigenvalue weighted by atomic mass is 9.84. The lowest BCUT2D eigenvalue weighted by molar-refractivity contribution is 0.177. The lowest BCUT2D eigenvalue weighted by Crippen LogP contribution is -2.44. The maximum Gasteiger partial charge on any atom is 0.165 e. The second kappa shape index (κ2) is 8.61. The highest BCUT2D eigenvalue weighted by molar-refractivity contribution is 5.99. The first-order valence-electron chi connectivity index (χ1n) is 11.5. The summed E-state index contributed by atoms with van der Waals surface area (Å²) in [5.41, 5.74) is 17.7. The summed E-state index contributed by atoms with van der Waals surface area (Å²) >= 11 is 0. The molecule has 5 N–H and O–H groups in total. The summed E-state index contributed by atoms with van der Waals surface area (Å²) in [7, 11) is 0. The van der Waals surface area contributed by atoms with Crippen LogP contribution in [0.5, 0.6) is 0 Å². The fourth-order valence-electron chi connectivity index (χ4n) is 5.65. The van der Waals surface area contributed by atoms with E-state index in [9.17, 15) is 4.39 Å². The second-order valence-electron chi connectivity index (χ2n) is 9.27. The molecule has 9 nitrogen and oxygen atoms in total. The first-order valence-corrected chi connectivity index (χ1v) is 11.5. The molecule has 2 aliphatic heterocycles. The molecule has 5 rings (SSSR count). The number of amidine groups is 1. The number of piperidine rings is 1. The number of aliphatic imine (C=N–C) groups is 1. The number of hydrogen-bond acceptors (Lipinski definition) is 6. The van der Waals surface area contributed by atoms with Gasteiger partial charge in [0.05, 0.1) is 23.8 Å². The molecule has 0 spiro atoms. The summed E-state index contributed by atoms with van der Waals surface area (Å²) in [6.07, 6.45) is 9.07. The van der Waals surface area contributed by atoms with Crippen molar-refractivity contribution in [1.82, 2.24) is 24.5 Å². The highest BCUT2D eigenvalue weighted by Crippen LogP contribution is 2.46. The Labute approximate surface area is 202 Å². The minimum absolute atomic E-state index is 0.143. The Kier molecular flexibility index (Phi) is 5.58. The Balaban J connectivity index is 1.58. The highest BCUT2D eigenvalue weighted by Gasteiger charge is 2.43. The van der Waals surface area contributed by atoms with Crippen molar-refractivity contribution in [2.24, 2.45) is 10.7 Å². The normalized spacial score (nSPS) is 21.9. The van der Waals surface area contributed by atoms with Gasteiger partial charge in [-0.1, -0.05) is 13.2 Å². The number of allylic oxidation sites excluding steroid dienone is 1. The fraction of sp³-hybridized carbons (Fsp3) is 0.320. The maximum absolute atomic E-state index is 13.9. The topological polar surface area (TPSA) is 135 Å². The minimum atomic E-state index is -0.427. The molecule has 0 aliphatic carbocycles. The molecule has 2 fully saturated rings. The quantitative estimate of drug-likeness (QED) is 0.369. The number of halogens is 1. The van der Waals surface area contributed by atoms with Crippen LogP contribution >= 0.6 is 0 Å². The van der Waals surface area contributed by atoms with Gasteiger partial charge in [-0.2, -0.15) is 9.61 Å². The first kappa shape index (κ1) is 22.7. The summed E-state index contributed by atoms with van der Waals surface area (Å²) in [4.78, 5) is 15.2. The molecule has 2 saturated heterocycles. The van der Waals surface area contributed by atoms with Crippen molar-refractivity contribution in [1.29, 1.82) is 5.41 Å². The Bertz CT molecular complexity index is 1380. The predicted molar refractivity (Wildman–Crippen MR) is 135 cm³/mol. The summed E-state index contributed by atoms with van der Waals surface area (Å²) < 4.78 is 15.5. The van der Waals surface area contributed by atoms with Gasteiger partial charge in [0.2, 0.25) is 0 Å². The zero-order chi connectivity index (χ0) is 24.9. The third kappa shape index (κ3) is 3.74. The van der Waals surface area contributed by atoms with Crippen LogP contribution < -0.4 is 11.5 Å². The van der Waals surface area contributed by atoms with Crippen LogP contribution in [0, 0.1) is 11.2 Å². The molecule has 2 aliphatic rings. The number of anilines is 1. The van der Waals surface area contributed by atoms with Crippen molar-refractivity contribution < 1.29 is 4.39 Å². The molecule has 5 heterocycles. The molecule has 0 saturated carbocycles. The van der Waals surface area contributed by atoms with Gasteiger partial charge < -0.3 is 16.4 Å². The molecular weight excluding hydrogens is 445 g/mol. The van der Waals surface area contributed by atoms with Crippen LogP contribution in [0.25, 0.3) is 22.3 Å². The van der Waals surface area contributed by atoms with Crippen LogP contribution in [0.15, 0.2) is 48.5 Å². The monoisotopic (exact) mass is 473 g/mol. The predicted octanol–water partition coefficient (Wildman–Crippen LogP) is 3.73. The van der Waals surface area contributed by atoms with E-state index in [1.54, 1.807) is 16.9 Å². The molecular formula is C25H28FN9. The number of pyridine rings is 1. The Morgan fingerprint density at radius 1 is 1.23 bits per heavy atom. The number of nitrogens with zero attached hydrogens (tertiary/aromatic N) is 6. The van der Waals surface area contributed by atoms with Crippen molar-refractivity contribution in [2.45, 2.75) is 50.6 Å². The number of aromatic nitrogens is 4. The Morgan fingerprint density at radius 3 is 2.57 bits per heavy atom. The van der Waals surface area contributed by atoms with Gasteiger partial charge in [0.25, 0.3) is 0 Å². The van der Waals surface area contributed by atoms with Crippen LogP contribution in [0.3, 0.4) is 0 Å². The average molecular weight is 474 g/mol. The van der Waals surface area contributed by atoms with Gasteiger partial charge in [0.15, 0.2) is 5.65 Å². The SMILES string of the molecule is C=C(C)c1c(C2CC3CC[C@H](C2)N3C(=C)C(N)=NC=N)nc2c(-c3cncc(F)c3)cnn2c1N. The molecule has 3 aromatic heterocycles. The minimum Gasteiger partial charge on any atom is -0.383 e. The van der Waals surface area contributed by atoms with Crippen molar-refractivity contribution >= 4 is 29.2 Å². The summed E-state index contributed by atoms with van der Waals surface area (Å²) in [6.45, 7) is 10.2. The maximum atomic E-state index is 13.9. The van der Waals surface area contributed by atoms with Crippen LogP contribution in [0.4, 0.5) is 10.2 Å². The molecule has 0 amide bonds. The van der Waals surface area contributed by atoms with Crippen molar-refractivity contribution in [3.63, 3.8) is 0 Å². The molecule has 2 unspecified atom stereocenters. The van der Waals surface area contributed by atoms with E-state index >= 15 is 0 Å². The molecule has 0 aromatic carbocycles. The van der Waals surface area contributed by atoms with E-state index in [0.29, 0.717) is 28.3 Å². The molecule has 10 heteroatoms. The number of fused-ring (bicyclic) bond motifs is 3. The van der Waals surface area contributed by atoms with Crippen LogP contribution in [0.1, 0.15) is 49.8 Å². The van der Waals surface area contributed by atoms with Gasteiger partial charge in [0, 0.05) is 40.9 Å². The lowest BCUT2D eigenvalue weighted by Gasteiger charge is -2.41. The van der Waals surface area contributed by atoms with Crippen molar-refractivity contribution in [2.75, 3.05) is 5.73 Å². The van der Waals surface area contributed by atoms with E-state index in [4.69, 9.17) is 21.9 Å². The Morgan fingerprint density at radius 2 is 1.94 bits per heavy atom. The van der Waals surface area contributed by atoms with E-state index in [-0.39, 0.29) is 23.8 Å². The number of nitrogens with one attached hydrogen (secondary N) is 1. The van der Waals surface area contributed by atoms with Gasteiger partial charge in [-0.25, -0.2) is 14.4 Å². The summed E-state index contributed by atoms with van der Waals surface area (Å²) in [5, 5.41) is 11.7. The number of hydrogen-bond donors (Lipinski definition) is 3. The van der Waals surface area contributed by atoms with Crippen molar-refractivity contribution in [3.05, 3.63) is 60.6 Å². The highest BCUT2D eigenvalue weighted by atomic mass is 19.1. The van der Waals surface area contributed by atoms with E-state index in [0.717, 1.165) is 48.9 Å². The van der Waals surface area contributed by atoms with Crippen LogP contribution in [0.2, 0.25) is 0 Å². The van der Waals surface area contributed by atoms with E-state index < -0.39 is 5.82 Å². The summed E-state index contributed by atoms with van der Waals surface area (Å²) in [5.74, 6) is 0.456. The van der Waals surface area contributed by atoms with Crippen LogP contribution in [-0.2, 0) is 0 Å². The fourth-order valence-corrected chi connectivity index (χ4v) is 5.65. The number of nitrogens with two attached hydrogens (primary N) is 2. The molecule has 0 radical (unpaired) electrons. The van der Waals surface area contributed by atoms with Gasteiger partial charge in [-0.3, -0.25) is 10.4 Å². The zero-order valence-electron chi connectivity index (χ0n) is 19.6. The van der Waals surface area contributed by atoms with Gasteiger partial charge in [-0.05, 0) is 44.2 Å². The smallest absolute Gasteiger partial charge is 0.165 e. The first-order chi connectivity index (χ1) is 16.8. The molecule has 3 atom stereocenters. The molecule has 180 valence electrons. The second-order valence-corrected chi connectivity index (χ2v) is 9.27. The number of rotatable bonds is 6. The molecule has 2 bridgehead atoms. The standard InChI is InChI=1S/C25H28FN9/c1-13(2)21-22(15-7-18-4-5-19(8-15)34(18)14(3)23(28)31-12-27)33-25-20(11-32-35(25)24(21)29)16-6-17(26)10-30-9-16/h6,9-12,15,18-19H,1,3-5,7-8,29H2,2H3,(H3,27,28,31)/t15?,18-,19?/m1/s1. The zero-order valence-corrected chi connectivity index (χ0v) is 19.6. The van der Waals surface area contributed by atoms with Gasteiger partial charge in [0.1, 0.15) is 23.8 Å². The average Bonchev–Trinajstić information content (AvgIpc) is 3.36.